The van der Waals surface area contributed by atoms with Gasteiger partial charge in [0.05, 0.1) is 5.78 Å². The van der Waals surface area contributed by atoms with Gasteiger partial charge in [-0.15, -0.1) is 6.08 Å². The minimum absolute atomic E-state index is 0. The maximum Gasteiger partial charge on any atom is 2.00 e. The van der Waals surface area contributed by atoms with Crippen LogP contribution >= 0.6 is 0 Å². The Morgan fingerprint density at radius 2 is 2.00 bits per heavy atom. The maximum atomic E-state index is 10.6. The van der Waals surface area contributed by atoms with Gasteiger partial charge < -0.3 is 4.79 Å². The first-order valence-electron chi connectivity index (χ1n) is 2.53. The van der Waals surface area contributed by atoms with Crippen LogP contribution in [0.2, 0.25) is 0 Å². The Balaban J connectivity index is 0.000000640. The van der Waals surface area contributed by atoms with Gasteiger partial charge in [0.25, 0.3) is 0 Å². The van der Waals surface area contributed by atoms with E-state index in [9.17, 15) is 4.79 Å². The van der Waals surface area contributed by atoms with Crippen LogP contribution in [0.3, 0.4) is 0 Å². The zero-order chi connectivity index (χ0) is 6.15. The number of hydrogen-bond acceptors (Lipinski definition) is 1. The van der Waals surface area contributed by atoms with Gasteiger partial charge in [-0.25, -0.2) is 0 Å². The molecular weight excluding hydrogens is 284 g/mol. The molecule has 1 aliphatic rings. The molecule has 0 saturated carbocycles. The zero-order valence-electron chi connectivity index (χ0n) is 5.39. The van der Waals surface area contributed by atoms with Crippen molar-refractivity contribution in [1.82, 2.24) is 0 Å². The summed E-state index contributed by atoms with van der Waals surface area (Å²) in [6.45, 7) is 3.72. The molecule has 0 aromatic heterocycles. The van der Waals surface area contributed by atoms with E-state index in [0.717, 1.165) is 11.1 Å². The fourth-order valence-electron chi connectivity index (χ4n) is 0.569. The molecule has 0 aromatic carbocycles. The van der Waals surface area contributed by atoms with E-state index in [1.807, 2.05) is 13.8 Å². The van der Waals surface area contributed by atoms with Crippen molar-refractivity contribution in [2.75, 3.05) is 0 Å². The number of carbonyl (C=O) groups is 1. The normalized spacial score (nSPS) is 16.4. The summed E-state index contributed by atoms with van der Waals surface area (Å²) in [6, 6.07) is 0. The van der Waals surface area contributed by atoms with Crippen molar-refractivity contribution in [3.8, 4) is 0 Å². The van der Waals surface area contributed by atoms with Crippen LogP contribution in [0.15, 0.2) is 17.2 Å². The second-order valence-corrected chi connectivity index (χ2v) is 1.93. The van der Waals surface area contributed by atoms with Gasteiger partial charge in [-0.3, -0.25) is 0 Å². The Morgan fingerprint density at radius 1 is 1.44 bits per heavy atom. The summed E-state index contributed by atoms with van der Waals surface area (Å²) < 4.78 is 0. The van der Waals surface area contributed by atoms with E-state index < -0.39 is 0 Å². The first-order chi connectivity index (χ1) is 3.72. The summed E-state index contributed by atoms with van der Waals surface area (Å²) in [5, 5.41) is 0. The smallest absolute Gasteiger partial charge is 0.320 e. The van der Waals surface area contributed by atoms with Gasteiger partial charge in [0.1, 0.15) is 0 Å². The summed E-state index contributed by atoms with van der Waals surface area (Å²) in [5.41, 5.74) is 1.86. The summed E-state index contributed by atoms with van der Waals surface area (Å²) >= 11 is 0. The summed E-state index contributed by atoms with van der Waals surface area (Å²) in [6.07, 6.45) is 4.30. The predicted octanol–water partition coefficient (Wildman–Crippen LogP) is 1.26. The van der Waals surface area contributed by atoms with Crippen LogP contribution in [-0.4, -0.2) is 5.78 Å². The van der Waals surface area contributed by atoms with Gasteiger partial charge in [0.2, 0.25) is 0 Å². The van der Waals surface area contributed by atoms with Crippen molar-refractivity contribution in [2.24, 2.45) is 0 Å². The van der Waals surface area contributed by atoms with Gasteiger partial charge >= 0.3 is 21.1 Å². The molecule has 0 saturated heterocycles. The average molecular weight is 291 g/mol. The maximum absolute atomic E-state index is 10.6. The van der Waals surface area contributed by atoms with Crippen molar-refractivity contribution >= 4 is 5.78 Å². The molecule has 0 fully saturated rings. The second kappa shape index (κ2) is 3.12. The van der Waals surface area contributed by atoms with Gasteiger partial charge in [-0.2, -0.15) is 17.2 Å². The first kappa shape index (κ1) is 8.84. The Morgan fingerprint density at radius 3 is 2.11 bits per heavy atom. The molecule has 0 unspecified atom stereocenters. The first-order valence-corrected chi connectivity index (χ1v) is 2.53. The van der Waals surface area contributed by atoms with E-state index in [2.05, 4.69) is 6.08 Å². The van der Waals surface area contributed by atoms with Crippen molar-refractivity contribution in [2.45, 2.75) is 13.8 Å². The van der Waals surface area contributed by atoms with E-state index in [4.69, 9.17) is 0 Å². The number of allylic oxidation sites excluding steroid dienone is 4. The molecule has 1 rings (SSSR count). The minimum atomic E-state index is 0. The Hall–Kier alpha value is -0.162. The molecule has 1 aliphatic carbocycles. The van der Waals surface area contributed by atoms with Crippen molar-refractivity contribution in [3.05, 3.63) is 23.3 Å². The molecule has 0 aliphatic heterocycles. The minimum Gasteiger partial charge on any atom is -0.320 e. The number of ketones is 1. The van der Waals surface area contributed by atoms with E-state index in [1.165, 1.54) is 0 Å². The van der Waals surface area contributed by atoms with Crippen LogP contribution in [0.1, 0.15) is 13.8 Å². The summed E-state index contributed by atoms with van der Waals surface area (Å²) in [5.74, 6) is 0.0301. The quantitative estimate of drug-likeness (QED) is 0.614. The molecular formula is C7H7OW+. The van der Waals surface area contributed by atoms with Crippen LogP contribution in [0.5, 0.6) is 0 Å². The van der Waals surface area contributed by atoms with Crippen molar-refractivity contribution < 1.29 is 25.9 Å². The van der Waals surface area contributed by atoms with Gasteiger partial charge in [-0.05, 0) is 0 Å². The molecule has 46 valence electrons. The number of rotatable bonds is 0. The molecule has 0 spiro atoms. The average Bonchev–Trinajstić information content (AvgIpc) is 1.98. The molecule has 9 heavy (non-hydrogen) atoms. The second-order valence-electron chi connectivity index (χ2n) is 1.93. The van der Waals surface area contributed by atoms with Crippen molar-refractivity contribution in [1.29, 1.82) is 0 Å². The molecule has 0 heterocycles. The third kappa shape index (κ3) is 1.62. The Labute approximate surface area is 69.1 Å². The van der Waals surface area contributed by atoms with Crippen LogP contribution in [0, 0.1) is 6.08 Å². The fraction of sp³-hybridized carbons (Fsp3) is 0.286. The SMILES string of the molecule is CC1=C(C)C(=O)[C-]=C1.[W+2]. The largest absolute Gasteiger partial charge is 2.00 e. The van der Waals surface area contributed by atoms with Gasteiger partial charge in [0, 0.05) is 0 Å². The monoisotopic (exact) mass is 291 g/mol. The Kier molecular flexibility index (Phi) is 3.06. The van der Waals surface area contributed by atoms with E-state index in [-0.39, 0.29) is 26.8 Å². The molecule has 0 atom stereocenters. The zero-order valence-corrected chi connectivity index (χ0v) is 8.33. The van der Waals surface area contributed by atoms with E-state index >= 15 is 0 Å². The number of carbonyl (C=O) groups excluding carboxylic acids is 1. The molecule has 0 amide bonds. The van der Waals surface area contributed by atoms with E-state index in [1.54, 1.807) is 6.08 Å². The van der Waals surface area contributed by atoms with Crippen LogP contribution in [0.25, 0.3) is 0 Å². The molecule has 0 bridgehead atoms. The van der Waals surface area contributed by atoms with E-state index in [0.29, 0.717) is 0 Å². The topological polar surface area (TPSA) is 17.1 Å². The summed E-state index contributed by atoms with van der Waals surface area (Å²) in [4.78, 5) is 10.6. The molecule has 2 heteroatoms. The molecule has 0 N–H and O–H groups in total. The van der Waals surface area contributed by atoms with Crippen LogP contribution in [-0.2, 0) is 25.9 Å². The molecule has 0 radical (unpaired) electrons. The van der Waals surface area contributed by atoms with Crippen molar-refractivity contribution in [3.63, 3.8) is 0 Å². The standard InChI is InChI=1S/C7H7O.W/c1-5-3-4-7(8)6(5)2;/h3H,1-2H3;/q-1;+2. The number of Topliss-reactive ketones (excluding diaryl/α,β-unsaturated/α-hetero) is 1. The molecule has 1 nitrogen and oxygen atoms in total. The van der Waals surface area contributed by atoms with Gasteiger partial charge in [0.15, 0.2) is 0 Å². The third-order valence-electron chi connectivity index (χ3n) is 1.35. The fourth-order valence-corrected chi connectivity index (χ4v) is 0.569. The predicted molar refractivity (Wildman–Crippen MR) is 31.2 cm³/mol. The van der Waals surface area contributed by atoms with Gasteiger partial charge in [-0.1, -0.05) is 13.8 Å². The van der Waals surface area contributed by atoms with Crippen LogP contribution in [0.4, 0.5) is 0 Å². The third-order valence-corrected chi connectivity index (χ3v) is 1.35. The number of hydrogen-bond donors (Lipinski definition) is 0. The van der Waals surface area contributed by atoms with Crippen LogP contribution < -0.4 is 0 Å². The molecule has 0 aromatic rings. The summed E-state index contributed by atoms with van der Waals surface area (Å²) in [7, 11) is 0. The Bertz CT molecular complexity index is 185.